The third-order valence-corrected chi connectivity index (χ3v) is 4.01. The number of carbonyl (C=O) groups is 1. The van der Waals surface area contributed by atoms with Crippen molar-refractivity contribution in [2.75, 3.05) is 10.6 Å². The Morgan fingerprint density at radius 3 is 2.61 bits per heavy atom. The van der Waals surface area contributed by atoms with Gasteiger partial charge in [-0.15, -0.1) is 0 Å². The predicted octanol–water partition coefficient (Wildman–Crippen LogP) is 3.55. The molecule has 18 heavy (non-hydrogen) atoms. The molecular weight excluding hydrogens is 224 g/mol. The van der Waals surface area contributed by atoms with E-state index in [2.05, 4.69) is 31.4 Å². The van der Waals surface area contributed by atoms with Gasteiger partial charge in [-0.25, -0.2) is 0 Å². The Kier molecular flexibility index (Phi) is 3.33. The zero-order valence-electron chi connectivity index (χ0n) is 11.6. The number of hydrogen-bond acceptors (Lipinski definition) is 2. The molecule has 0 aromatic heterocycles. The lowest BCUT2D eigenvalue weighted by Gasteiger charge is -2.23. The number of nitrogens with one attached hydrogen (secondary N) is 2. The van der Waals surface area contributed by atoms with Gasteiger partial charge in [0.15, 0.2) is 0 Å². The summed E-state index contributed by atoms with van der Waals surface area (Å²) in [6.07, 6.45) is 2.59. The lowest BCUT2D eigenvalue weighted by Crippen LogP contribution is -2.25. The van der Waals surface area contributed by atoms with Crippen LogP contribution in [0.25, 0.3) is 0 Å². The van der Waals surface area contributed by atoms with Crippen LogP contribution in [0.5, 0.6) is 0 Å². The maximum absolute atomic E-state index is 11.1. The zero-order valence-corrected chi connectivity index (χ0v) is 11.6. The molecule has 0 radical (unpaired) electrons. The first-order valence-electron chi connectivity index (χ1n) is 6.55. The fraction of sp³-hybridized carbons (Fsp3) is 0.533. The van der Waals surface area contributed by atoms with Gasteiger partial charge in [0.05, 0.1) is 0 Å². The summed E-state index contributed by atoms with van der Waals surface area (Å²) in [4.78, 5) is 11.1. The molecule has 1 fully saturated rings. The molecule has 98 valence electrons. The van der Waals surface area contributed by atoms with Crippen molar-refractivity contribution in [2.24, 2.45) is 5.41 Å². The number of amides is 1. The zero-order chi connectivity index (χ0) is 13.3. The molecule has 0 bridgehead atoms. The molecular formula is C15H22N2O. The third-order valence-electron chi connectivity index (χ3n) is 4.01. The van der Waals surface area contributed by atoms with E-state index >= 15 is 0 Å². The average molecular weight is 246 g/mol. The maximum atomic E-state index is 11.1. The molecule has 2 rings (SSSR count). The summed E-state index contributed by atoms with van der Waals surface area (Å²) in [5.41, 5.74) is 3.61. The van der Waals surface area contributed by atoms with Gasteiger partial charge < -0.3 is 10.6 Å². The molecule has 0 heterocycles. The van der Waals surface area contributed by atoms with Crippen molar-refractivity contribution in [1.82, 2.24) is 0 Å². The average Bonchev–Trinajstić information content (AvgIpc) is 3.02. The van der Waals surface area contributed by atoms with Gasteiger partial charge in [-0.1, -0.05) is 13.0 Å². The van der Waals surface area contributed by atoms with E-state index in [1.807, 2.05) is 18.2 Å². The van der Waals surface area contributed by atoms with E-state index in [0.717, 1.165) is 11.4 Å². The highest BCUT2D eigenvalue weighted by molar-refractivity contribution is 5.89. The van der Waals surface area contributed by atoms with E-state index in [1.54, 1.807) is 0 Å². The fourth-order valence-corrected chi connectivity index (χ4v) is 2.10. The first kappa shape index (κ1) is 12.9. The molecule has 0 aliphatic heterocycles. The van der Waals surface area contributed by atoms with Crippen LogP contribution in [0, 0.1) is 12.3 Å². The minimum absolute atomic E-state index is 0.0352. The van der Waals surface area contributed by atoms with Crippen molar-refractivity contribution in [2.45, 2.75) is 46.6 Å². The Morgan fingerprint density at radius 2 is 2.06 bits per heavy atom. The van der Waals surface area contributed by atoms with Gasteiger partial charge in [0.25, 0.3) is 0 Å². The van der Waals surface area contributed by atoms with Crippen LogP contribution in [-0.2, 0) is 4.79 Å². The van der Waals surface area contributed by atoms with Gasteiger partial charge in [-0.2, -0.15) is 0 Å². The predicted molar refractivity (Wildman–Crippen MR) is 75.9 cm³/mol. The molecule has 1 aliphatic rings. The summed E-state index contributed by atoms with van der Waals surface area (Å²) in [5, 5.41) is 6.40. The number of aryl methyl sites for hydroxylation is 1. The lowest BCUT2D eigenvalue weighted by molar-refractivity contribution is -0.114. The fourth-order valence-electron chi connectivity index (χ4n) is 2.10. The van der Waals surface area contributed by atoms with Crippen molar-refractivity contribution in [1.29, 1.82) is 0 Å². The third kappa shape index (κ3) is 2.84. The molecule has 1 unspecified atom stereocenters. The summed E-state index contributed by atoms with van der Waals surface area (Å²) in [7, 11) is 0. The highest BCUT2D eigenvalue weighted by atomic mass is 16.1. The van der Waals surface area contributed by atoms with Gasteiger partial charge in [0.1, 0.15) is 0 Å². The Morgan fingerprint density at radius 1 is 1.39 bits per heavy atom. The molecule has 0 saturated heterocycles. The first-order chi connectivity index (χ1) is 8.40. The minimum Gasteiger partial charge on any atom is -0.382 e. The number of rotatable bonds is 4. The quantitative estimate of drug-likeness (QED) is 0.853. The first-order valence-corrected chi connectivity index (χ1v) is 6.55. The van der Waals surface area contributed by atoms with Gasteiger partial charge in [0.2, 0.25) is 5.91 Å². The maximum Gasteiger partial charge on any atom is 0.221 e. The highest BCUT2D eigenvalue weighted by Gasteiger charge is 2.42. The molecule has 0 spiro atoms. The Labute approximate surface area is 109 Å². The second kappa shape index (κ2) is 4.63. The van der Waals surface area contributed by atoms with Crippen LogP contribution >= 0.6 is 0 Å². The molecule has 1 saturated carbocycles. The molecule has 3 heteroatoms. The standard InChI is InChI=1S/C15H22N2O/c1-10-5-6-13(17-12(3)18)9-14(10)16-11(2)15(4)7-8-15/h5-6,9,11,16H,7-8H2,1-4H3,(H,17,18). The van der Waals surface area contributed by atoms with Crippen LogP contribution < -0.4 is 10.6 Å². The van der Waals surface area contributed by atoms with Crippen LogP contribution in [-0.4, -0.2) is 11.9 Å². The smallest absolute Gasteiger partial charge is 0.221 e. The Bertz CT molecular complexity index is 464. The molecule has 1 amide bonds. The Balaban J connectivity index is 2.13. The van der Waals surface area contributed by atoms with Gasteiger partial charge >= 0.3 is 0 Å². The summed E-state index contributed by atoms with van der Waals surface area (Å²) in [6, 6.07) is 6.45. The van der Waals surface area contributed by atoms with Crippen LogP contribution in [0.3, 0.4) is 0 Å². The molecule has 2 N–H and O–H groups in total. The van der Waals surface area contributed by atoms with E-state index < -0.39 is 0 Å². The highest BCUT2D eigenvalue weighted by Crippen LogP contribution is 2.49. The largest absolute Gasteiger partial charge is 0.382 e. The van der Waals surface area contributed by atoms with Crippen molar-refractivity contribution in [3.63, 3.8) is 0 Å². The van der Waals surface area contributed by atoms with Crippen LogP contribution in [0.4, 0.5) is 11.4 Å². The normalized spacial score (nSPS) is 18.0. The van der Waals surface area contributed by atoms with Gasteiger partial charge in [-0.05, 0) is 49.8 Å². The topological polar surface area (TPSA) is 41.1 Å². The van der Waals surface area contributed by atoms with Gasteiger partial charge in [-0.3, -0.25) is 4.79 Å². The van der Waals surface area contributed by atoms with E-state index in [-0.39, 0.29) is 5.91 Å². The summed E-state index contributed by atoms with van der Waals surface area (Å²) in [5.74, 6) is -0.0352. The number of carbonyl (C=O) groups excluding carboxylic acids is 1. The molecule has 1 aromatic rings. The van der Waals surface area contributed by atoms with Crippen LogP contribution in [0.15, 0.2) is 18.2 Å². The SMILES string of the molecule is CC(=O)Nc1ccc(C)c(NC(C)C2(C)CC2)c1. The Hall–Kier alpha value is -1.51. The second-order valence-corrected chi connectivity index (χ2v) is 5.73. The van der Waals surface area contributed by atoms with E-state index in [4.69, 9.17) is 0 Å². The molecule has 1 aliphatic carbocycles. The number of benzene rings is 1. The molecule has 1 atom stereocenters. The summed E-state index contributed by atoms with van der Waals surface area (Å²) >= 11 is 0. The van der Waals surface area contributed by atoms with E-state index in [0.29, 0.717) is 11.5 Å². The van der Waals surface area contributed by atoms with Crippen molar-refractivity contribution in [3.05, 3.63) is 23.8 Å². The van der Waals surface area contributed by atoms with Crippen molar-refractivity contribution >= 4 is 17.3 Å². The summed E-state index contributed by atoms with van der Waals surface area (Å²) < 4.78 is 0. The molecule has 3 nitrogen and oxygen atoms in total. The van der Waals surface area contributed by atoms with Crippen LogP contribution in [0.2, 0.25) is 0 Å². The molecule has 1 aromatic carbocycles. The monoisotopic (exact) mass is 246 g/mol. The van der Waals surface area contributed by atoms with Crippen molar-refractivity contribution in [3.8, 4) is 0 Å². The number of hydrogen-bond donors (Lipinski definition) is 2. The van der Waals surface area contributed by atoms with Gasteiger partial charge in [0, 0.05) is 24.3 Å². The van der Waals surface area contributed by atoms with E-state index in [1.165, 1.54) is 25.3 Å². The van der Waals surface area contributed by atoms with E-state index in [9.17, 15) is 4.79 Å². The number of anilines is 2. The minimum atomic E-state index is -0.0352. The van der Waals surface area contributed by atoms with Crippen molar-refractivity contribution < 1.29 is 4.79 Å². The lowest BCUT2D eigenvalue weighted by atomic mass is 10.00. The second-order valence-electron chi connectivity index (χ2n) is 5.73. The van der Waals surface area contributed by atoms with Crippen LogP contribution in [0.1, 0.15) is 39.2 Å². The summed E-state index contributed by atoms with van der Waals surface area (Å²) in [6.45, 7) is 8.16.